The fraction of sp³-hybridized carbons (Fsp3) is 0.0870. The van der Waals surface area contributed by atoms with Crippen LogP contribution >= 0.6 is 0 Å². The molecule has 0 radical (unpaired) electrons. The second-order valence-corrected chi connectivity index (χ2v) is 6.61. The van der Waals surface area contributed by atoms with E-state index in [1.54, 1.807) is 43.5 Å². The number of hydrogen-bond donors (Lipinski definition) is 2. The molecule has 0 aliphatic rings. The number of carbonyl (C=O) groups excluding carboxylic acids is 2. The summed E-state index contributed by atoms with van der Waals surface area (Å²) in [7, 11) is 1.55. The fourth-order valence-electron chi connectivity index (χ4n) is 2.72. The van der Waals surface area contributed by atoms with E-state index in [0.717, 1.165) is 6.07 Å². The number of rotatable bonds is 9. The van der Waals surface area contributed by atoms with Crippen molar-refractivity contribution in [3.63, 3.8) is 0 Å². The highest BCUT2D eigenvalue weighted by Crippen LogP contribution is 2.22. The monoisotopic (exact) mass is 448 g/mol. The van der Waals surface area contributed by atoms with Gasteiger partial charge in [0.25, 0.3) is 11.6 Å². The number of hydrazone groups is 1. The van der Waals surface area contributed by atoms with Crippen molar-refractivity contribution in [2.45, 2.75) is 0 Å². The number of para-hydroxylation sites is 2. The molecule has 3 aromatic carbocycles. The number of nitrogens with zero attached hydrogens (tertiary/aromatic N) is 2. The number of hydrogen-bond acceptors (Lipinski definition) is 8. The maximum Gasteiger partial charge on any atom is 0.343 e. The Labute approximate surface area is 189 Å². The molecule has 10 nitrogen and oxygen atoms in total. The van der Waals surface area contributed by atoms with E-state index in [4.69, 9.17) is 9.47 Å². The first-order valence-electron chi connectivity index (χ1n) is 9.72. The molecule has 3 rings (SSSR count). The SMILES string of the molecule is COc1ccccc1NCC(=O)NN=Cc1ccc(OC(=O)c2cccc([N+](=O)[O-])c2)cc1. The Morgan fingerprint density at radius 2 is 1.82 bits per heavy atom. The lowest BCUT2D eigenvalue weighted by Crippen LogP contribution is -2.26. The second-order valence-electron chi connectivity index (χ2n) is 6.61. The van der Waals surface area contributed by atoms with E-state index in [1.807, 2.05) is 12.1 Å². The lowest BCUT2D eigenvalue weighted by molar-refractivity contribution is -0.384. The standard InChI is InChI=1S/C23H20N4O6/c1-32-21-8-3-2-7-20(21)24-15-22(28)26-25-14-16-9-11-19(12-10-16)33-23(29)17-5-4-6-18(13-17)27(30)31/h2-14,24H,15H2,1H3,(H,26,28). The van der Waals surface area contributed by atoms with E-state index < -0.39 is 10.9 Å². The second kappa shape index (κ2) is 11.0. The average Bonchev–Trinajstić information content (AvgIpc) is 2.84. The molecular formula is C23H20N4O6. The van der Waals surface area contributed by atoms with Gasteiger partial charge in [0.1, 0.15) is 11.5 Å². The zero-order chi connectivity index (χ0) is 23.6. The predicted octanol–water partition coefficient (Wildman–Crippen LogP) is 3.38. The van der Waals surface area contributed by atoms with Crippen molar-refractivity contribution in [3.05, 3.63) is 94.0 Å². The third kappa shape index (κ3) is 6.62. The van der Waals surface area contributed by atoms with Crippen LogP contribution in [-0.4, -0.2) is 36.7 Å². The molecule has 0 bridgehead atoms. The van der Waals surface area contributed by atoms with Crippen LogP contribution in [0, 0.1) is 10.1 Å². The van der Waals surface area contributed by atoms with Gasteiger partial charge >= 0.3 is 5.97 Å². The Bertz CT molecular complexity index is 1180. The number of non-ortho nitro benzene ring substituents is 1. The van der Waals surface area contributed by atoms with Crippen LogP contribution < -0.4 is 20.2 Å². The molecule has 168 valence electrons. The molecule has 0 saturated heterocycles. The Balaban J connectivity index is 1.49. The Hall–Kier alpha value is -4.73. The van der Waals surface area contributed by atoms with E-state index in [9.17, 15) is 19.7 Å². The number of nitro groups is 1. The van der Waals surface area contributed by atoms with Crippen LogP contribution in [0.2, 0.25) is 0 Å². The minimum atomic E-state index is -0.713. The molecule has 0 aliphatic carbocycles. The Morgan fingerprint density at radius 3 is 2.55 bits per heavy atom. The van der Waals surface area contributed by atoms with Gasteiger partial charge in [0, 0.05) is 12.1 Å². The van der Waals surface area contributed by atoms with Crippen molar-refractivity contribution in [3.8, 4) is 11.5 Å². The maximum absolute atomic E-state index is 12.2. The van der Waals surface area contributed by atoms with Gasteiger partial charge in [0.15, 0.2) is 0 Å². The number of amides is 1. The van der Waals surface area contributed by atoms with Crippen LogP contribution in [0.3, 0.4) is 0 Å². The van der Waals surface area contributed by atoms with Gasteiger partial charge in [-0.1, -0.05) is 18.2 Å². The minimum Gasteiger partial charge on any atom is -0.495 e. The summed E-state index contributed by atoms with van der Waals surface area (Å²) in [5.41, 5.74) is 3.62. The first kappa shape index (κ1) is 22.9. The first-order valence-corrected chi connectivity index (χ1v) is 9.72. The van der Waals surface area contributed by atoms with Gasteiger partial charge < -0.3 is 14.8 Å². The summed E-state index contributed by atoms with van der Waals surface area (Å²) in [6.07, 6.45) is 1.44. The molecule has 33 heavy (non-hydrogen) atoms. The lowest BCUT2D eigenvalue weighted by Gasteiger charge is -2.09. The largest absolute Gasteiger partial charge is 0.495 e. The summed E-state index contributed by atoms with van der Waals surface area (Å²) < 4.78 is 10.4. The Kier molecular flexibility index (Phi) is 7.68. The van der Waals surface area contributed by atoms with Gasteiger partial charge in [-0.05, 0) is 48.0 Å². The number of benzene rings is 3. The maximum atomic E-state index is 12.2. The highest BCUT2D eigenvalue weighted by molar-refractivity contribution is 5.92. The molecule has 2 N–H and O–H groups in total. The third-order valence-electron chi connectivity index (χ3n) is 4.33. The van der Waals surface area contributed by atoms with E-state index in [0.29, 0.717) is 17.0 Å². The molecule has 0 aliphatic heterocycles. The molecule has 0 unspecified atom stereocenters. The number of nitro benzene ring substituents is 1. The summed E-state index contributed by atoms with van der Waals surface area (Å²) >= 11 is 0. The number of esters is 1. The molecule has 0 heterocycles. The van der Waals surface area contributed by atoms with E-state index in [1.165, 1.54) is 24.4 Å². The van der Waals surface area contributed by atoms with Crippen LogP contribution in [0.15, 0.2) is 77.9 Å². The number of ether oxygens (including phenoxy) is 2. The van der Waals surface area contributed by atoms with Gasteiger partial charge in [-0.25, -0.2) is 10.2 Å². The molecular weight excluding hydrogens is 428 g/mol. The van der Waals surface area contributed by atoms with Gasteiger partial charge in [0.05, 0.1) is 36.0 Å². The summed E-state index contributed by atoms with van der Waals surface area (Å²) in [6.45, 7) is 0.00422. The average molecular weight is 448 g/mol. The van der Waals surface area contributed by atoms with Crippen LogP contribution in [-0.2, 0) is 4.79 Å². The third-order valence-corrected chi connectivity index (χ3v) is 4.33. The topological polar surface area (TPSA) is 132 Å². The molecule has 1 amide bonds. The van der Waals surface area contributed by atoms with Crippen LogP contribution in [0.1, 0.15) is 15.9 Å². The highest BCUT2D eigenvalue weighted by atomic mass is 16.6. The highest BCUT2D eigenvalue weighted by Gasteiger charge is 2.13. The summed E-state index contributed by atoms with van der Waals surface area (Å²) in [5, 5.41) is 17.7. The first-order chi connectivity index (χ1) is 16.0. The molecule has 3 aromatic rings. The number of carbonyl (C=O) groups is 2. The smallest absolute Gasteiger partial charge is 0.343 e. The van der Waals surface area contributed by atoms with Crippen molar-refractivity contribution in [2.75, 3.05) is 19.0 Å². The zero-order valence-electron chi connectivity index (χ0n) is 17.6. The summed E-state index contributed by atoms with van der Waals surface area (Å²) in [6, 6.07) is 18.9. The van der Waals surface area contributed by atoms with Crippen molar-refractivity contribution < 1.29 is 24.0 Å². The number of methoxy groups -OCH3 is 1. The molecule has 0 spiro atoms. The predicted molar refractivity (Wildman–Crippen MR) is 122 cm³/mol. The fourth-order valence-corrected chi connectivity index (χ4v) is 2.72. The number of anilines is 1. The van der Waals surface area contributed by atoms with Gasteiger partial charge in [0.2, 0.25) is 0 Å². The quantitative estimate of drug-likeness (QED) is 0.169. The van der Waals surface area contributed by atoms with E-state index >= 15 is 0 Å². The van der Waals surface area contributed by atoms with E-state index in [-0.39, 0.29) is 29.5 Å². The van der Waals surface area contributed by atoms with Crippen molar-refractivity contribution in [1.29, 1.82) is 0 Å². The molecule has 0 aromatic heterocycles. The molecule has 0 atom stereocenters. The molecule has 0 saturated carbocycles. The molecule has 10 heteroatoms. The zero-order valence-corrected chi connectivity index (χ0v) is 17.6. The van der Waals surface area contributed by atoms with Crippen LogP contribution in [0.5, 0.6) is 11.5 Å². The van der Waals surface area contributed by atoms with Crippen molar-refractivity contribution >= 4 is 29.5 Å². The Morgan fingerprint density at radius 1 is 1.06 bits per heavy atom. The van der Waals surface area contributed by atoms with E-state index in [2.05, 4.69) is 15.8 Å². The lowest BCUT2D eigenvalue weighted by atomic mass is 10.2. The normalized spacial score (nSPS) is 10.5. The van der Waals surface area contributed by atoms with Crippen LogP contribution in [0.4, 0.5) is 11.4 Å². The number of nitrogens with one attached hydrogen (secondary N) is 2. The minimum absolute atomic E-state index is 0.00422. The summed E-state index contributed by atoms with van der Waals surface area (Å²) in [4.78, 5) is 34.4. The van der Waals surface area contributed by atoms with Gasteiger partial charge in [-0.3, -0.25) is 14.9 Å². The van der Waals surface area contributed by atoms with Gasteiger partial charge in [-0.2, -0.15) is 5.10 Å². The van der Waals surface area contributed by atoms with Crippen molar-refractivity contribution in [2.24, 2.45) is 5.10 Å². The van der Waals surface area contributed by atoms with Gasteiger partial charge in [-0.15, -0.1) is 0 Å². The van der Waals surface area contributed by atoms with Crippen molar-refractivity contribution in [1.82, 2.24) is 5.43 Å². The summed E-state index contributed by atoms with van der Waals surface area (Å²) in [5.74, 6) is -0.177. The van der Waals surface area contributed by atoms with Crippen LogP contribution in [0.25, 0.3) is 0 Å². The molecule has 0 fully saturated rings.